The second kappa shape index (κ2) is 6.05. The first-order valence-electron chi connectivity index (χ1n) is 6.94. The van der Waals surface area contributed by atoms with Crippen LogP contribution in [-0.4, -0.2) is 31.1 Å². The Balaban J connectivity index is 1.50. The maximum Gasteiger partial charge on any atom is 0.277 e. The second-order valence-corrected chi connectivity index (χ2v) is 5.56. The van der Waals surface area contributed by atoms with Crippen LogP contribution in [0.5, 0.6) is 0 Å². The summed E-state index contributed by atoms with van der Waals surface area (Å²) in [4.78, 5) is 23.6. The molecule has 0 aliphatic carbocycles. The van der Waals surface area contributed by atoms with Crippen molar-refractivity contribution in [1.29, 1.82) is 0 Å². The van der Waals surface area contributed by atoms with Gasteiger partial charge in [0.15, 0.2) is 16.6 Å². The molecule has 4 aromatic heterocycles. The lowest BCUT2D eigenvalue weighted by Crippen LogP contribution is -2.13. The fourth-order valence-electron chi connectivity index (χ4n) is 2.00. The van der Waals surface area contributed by atoms with E-state index in [2.05, 4.69) is 30.5 Å². The van der Waals surface area contributed by atoms with Crippen LogP contribution in [0.25, 0.3) is 22.3 Å². The molecule has 24 heavy (non-hydrogen) atoms. The molecule has 0 radical (unpaired) electrons. The van der Waals surface area contributed by atoms with Crippen LogP contribution in [0.4, 0.5) is 5.95 Å². The molecular weight excluding hydrogens is 328 g/mol. The molecule has 1 amide bonds. The third-order valence-corrected chi connectivity index (χ3v) is 3.95. The highest BCUT2D eigenvalue weighted by Crippen LogP contribution is 2.24. The summed E-state index contributed by atoms with van der Waals surface area (Å²) in [6.07, 6.45) is 3.21. The average Bonchev–Trinajstić information content (AvgIpc) is 3.36. The lowest BCUT2D eigenvalue weighted by molar-refractivity contribution is 0.102. The molecule has 4 aromatic rings. The summed E-state index contributed by atoms with van der Waals surface area (Å²) in [5, 5.41) is 12.8. The SMILES string of the molecule is O=C(Nc1nnc(-c2ccccn2)[nH]1)c1csc(-c2ccco2)n1. The van der Waals surface area contributed by atoms with Crippen LogP contribution in [0.3, 0.4) is 0 Å². The van der Waals surface area contributed by atoms with Gasteiger partial charge in [-0.3, -0.25) is 15.1 Å². The molecule has 0 fully saturated rings. The molecule has 8 nitrogen and oxygen atoms in total. The third-order valence-electron chi connectivity index (χ3n) is 3.10. The van der Waals surface area contributed by atoms with Gasteiger partial charge in [0.2, 0.25) is 5.95 Å². The third kappa shape index (κ3) is 2.79. The predicted octanol–water partition coefficient (Wildman–Crippen LogP) is 2.84. The molecule has 0 unspecified atom stereocenters. The minimum atomic E-state index is -0.382. The molecule has 0 atom stereocenters. The Kier molecular flexibility index (Phi) is 3.60. The topological polar surface area (TPSA) is 110 Å². The van der Waals surface area contributed by atoms with Crippen molar-refractivity contribution in [2.24, 2.45) is 0 Å². The number of hydrogen-bond acceptors (Lipinski definition) is 7. The number of H-pyrrole nitrogens is 1. The summed E-state index contributed by atoms with van der Waals surface area (Å²) in [6.45, 7) is 0. The smallest absolute Gasteiger partial charge is 0.277 e. The van der Waals surface area contributed by atoms with E-state index in [0.29, 0.717) is 22.3 Å². The average molecular weight is 338 g/mol. The van der Waals surface area contributed by atoms with E-state index >= 15 is 0 Å². The Morgan fingerprint density at radius 1 is 1.21 bits per heavy atom. The van der Waals surface area contributed by atoms with Crippen molar-refractivity contribution in [2.45, 2.75) is 0 Å². The Labute approximate surface area is 139 Å². The molecule has 4 rings (SSSR count). The summed E-state index contributed by atoms with van der Waals surface area (Å²) in [7, 11) is 0. The maximum absolute atomic E-state index is 12.2. The quantitative estimate of drug-likeness (QED) is 0.592. The van der Waals surface area contributed by atoms with Crippen molar-refractivity contribution < 1.29 is 9.21 Å². The minimum Gasteiger partial charge on any atom is -0.462 e. The van der Waals surface area contributed by atoms with Crippen molar-refractivity contribution in [3.8, 4) is 22.3 Å². The summed E-state index contributed by atoms with van der Waals surface area (Å²) >= 11 is 1.33. The van der Waals surface area contributed by atoms with Crippen LogP contribution in [0, 0.1) is 0 Å². The number of carbonyl (C=O) groups is 1. The molecule has 9 heteroatoms. The van der Waals surface area contributed by atoms with Gasteiger partial charge in [0, 0.05) is 11.6 Å². The number of nitrogens with zero attached hydrogens (tertiary/aromatic N) is 4. The normalized spacial score (nSPS) is 10.7. The Morgan fingerprint density at radius 2 is 2.17 bits per heavy atom. The van der Waals surface area contributed by atoms with Gasteiger partial charge >= 0.3 is 0 Å². The van der Waals surface area contributed by atoms with E-state index in [1.165, 1.54) is 11.3 Å². The summed E-state index contributed by atoms with van der Waals surface area (Å²) in [5.41, 5.74) is 0.918. The number of rotatable bonds is 4. The van der Waals surface area contributed by atoms with Gasteiger partial charge in [0.1, 0.15) is 11.4 Å². The van der Waals surface area contributed by atoms with Gasteiger partial charge < -0.3 is 9.40 Å². The van der Waals surface area contributed by atoms with Crippen molar-refractivity contribution >= 4 is 23.2 Å². The molecule has 2 N–H and O–H groups in total. The van der Waals surface area contributed by atoms with Crippen molar-refractivity contribution in [3.63, 3.8) is 0 Å². The molecule has 0 bridgehead atoms. The second-order valence-electron chi connectivity index (χ2n) is 4.71. The summed E-state index contributed by atoms with van der Waals surface area (Å²) < 4.78 is 5.26. The van der Waals surface area contributed by atoms with Gasteiger partial charge in [-0.25, -0.2) is 4.98 Å². The van der Waals surface area contributed by atoms with Gasteiger partial charge in [-0.1, -0.05) is 6.07 Å². The van der Waals surface area contributed by atoms with Crippen LogP contribution in [-0.2, 0) is 0 Å². The van der Waals surface area contributed by atoms with E-state index in [1.54, 1.807) is 42.1 Å². The number of hydrogen-bond donors (Lipinski definition) is 2. The highest BCUT2D eigenvalue weighted by molar-refractivity contribution is 7.13. The number of aromatic amines is 1. The number of pyridine rings is 1. The lowest BCUT2D eigenvalue weighted by Gasteiger charge is -1.97. The zero-order valence-electron chi connectivity index (χ0n) is 12.1. The highest BCUT2D eigenvalue weighted by atomic mass is 32.1. The fraction of sp³-hybridized carbons (Fsp3) is 0. The molecule has 0 spiro atoms. The molecule has 4 heterocycles. The van der Waals surface area contributed by atoms with Gasteiger partial charge in [-0.2, -0.15) is 0 Å². The van der Waals surface area contributed by atoms with Gasteiger partial charge in [0.05, 0.1) is 6.26 Å². The van der Waals surface area contributed by atoms with E-state index in [-0.39, 0.29) is 17.5 Å². The number of anilines is 1. The zero-order valence-corrected chi connectivity index (χ0v) is 12.9. The van der Waals surface area contributed by atoms with Crippen LogP contribution < -0.4 is 5.32 Å². The van der Waals surface area contributed by atoms with Crippen LogP contribution in [0.15, 0.2) is 52.6 Å². The molecule has 0 aromatic carbocycles. The van der Waals surface area contributed by atoms with Crippen LogP contribution in [0.2, 0.25) is 0 Å². The number of furan rings is 1. The first-order chi connectivity index (χ1) is 11.8. The first-order valence-corrected chi connectivity index (χ1v) is 7.82. The van der Waals surface area contributed by atoms with Crippen molar-refractivity contribution in [3.05, 3.63) is 53.9 Å². The number of carbonyl (C=O) groups excluding carboxylic acids is 1. The summed E-state index contributed by atoms with van der Waals surface area (Å²) in [6, 6.07) is 9.00. The molecule has 0 aliphatic heterocycles. The highest BCUT2D eigenvalue weighted by Gasteiger charge is 2.15. The van der Waals surface area contributed by atoms with Crippen LogP contribution in [0.1, 0.15) is 10.5 Å². The number of nitrogens with one attached hydrogen (secondary N) is 2. The van der Waals surface area contributed by atoms with E-state index in [1.807, 2.05) is 6.07 Å². The van der Waals surface area contributed by atoms with Gasteiger partial charge in [0.25, 0.3) is 5.91 Å². The Bertz CT molecular complexity index is 961. The molecule has 0 saturated carbocycles. The number of amides is 1. The van der Waals surface area contributed by atoms with Gasteiger partial charge in [-0.15, -0.1) is 21.5 Å². The monoisotopic (exact) mass is 338 g/mol. The standard InChI is InChI=1S/C15H10N6O2S/c22-13(10-8-24-14(17-10)11-5-3-7-23-11)19-15-18-12(20-21-15)9-4-1-2-6-16-9/h1-8H,(H2,18,19,20,21,22). The number of thiazole rings is 1. The largest absolute Gasteiger partial charge is 0.462 e. The Hall–Kier alpha value is -3.33. The Morgan fingerprint density at radius 3 is 2.96 bits per heavy atom. The van der Waals surface area contributed by atoms with E-state index in [4.69, 9.17) is 4.42 Å². The maximum atomic E-state index is 12.2. The molecule has 0 saturated heterocycles. The fourth-order valence-corrected chi connectivity index (χ4v) is 2.77. The summed E-state index contributed by atoms with van der Waals surface area (Å²) in [5.74, 6) is 0.942. The predicted molar refractivity (Wildman–Crippen MR) is 87.4 cm³/mol. The zero-order chi connectivity index (χ0) is 16.4. The van der Waals surface area contributed by atoms with E-state index in [0.717, 1.165) is 0 Å². The van der Waals surface area contributed by atoms with Crippen molar-refractivity contribution in [2.75, 3.05) is 5.32 Å². The molecule has 0 aliphatic rings. The first kappa shape index (κ1) is 14.3. The lowest BCUT2D eigenvalue weighted by atomic mass is 10.3. The van der Waals surface area contributed by atoms with E-state index < -0.39 is 0 Å². The van der Waals surface area contributed by atoms with Crippen molar-refractivity contribution in [1.82, 2.24) is 25.1 Å². The molecular formula is C15H10N6O2S. The molecule has 118 valence electrons. The van der Waals surface area contributed by atoms with E-state index in [9.17, 15) is 4.79 Å². The number of aromatic nitrogens is 5. The van der Waals surface area contributed by atoms with Gasteiger partial charge in [-0.05, 0) is 24.3 Å². The van der Waals surface area contributed by atoms with Crippen LogP contribution >= 0.6 is 11.3 Å². The minimum absolute atomic E-state index is 0.230.